The van der Waals surface area contributed by atoms with Crippen molar-refractivity contribution >= 4 is 18.0 Å². The molecule has 1 rings (SSSR count). The van der Waals surface area contributed by atoms with Gasteiger partial charge in [-0.15, -0.1) is 0 Å². The Balaban J connectivity index is 2.65. The maximum atomic E-state index is 11.5. The maximum absolute atomic E-state index is 11.5. The number of benzene rings is 1. The van der Waals surface area contributed by atoms with Crippen molar-refractivity contribution < 1.29 is 14.7 Å². The Morgan fingerprint density at radius 2 is 1.95 bits per heavy atom. The number of carboxylic acids is 1. The Hall–Kier alpha value is -2.10. The van der Waals surface area contributed by atoms with Crippen molar-refractivity contribution in [2.24, 2.45) is 0 Å². The third kappa shape index (κ3) is 5.38. The topological polar surface area (TPSA) is 66.4 Å². The number of nitrogens with one attached hydrogen (secondary N) is 1. The van der Waals surface area contributed by atoms with Crippen molar-refractivity contribution in [3.63, 3.8) is 0 Å². The van der Waals surface area contributed by atoms with Crippen molar-refractivity contribution in [2.75, 3.05) is 0 Å². The lowest BCUT2D eigenvalue weighted by molar-refractivity contribution is -0.131. The highest BCUT2D eigenvalue weighted by molar-refractivity contribution is 5.85. The molecule has 0 fully saturated rings. The molecule has 0 saturated carbocycles. The van der Waals surface area contributed by atoms with Gasteiger partial charge in [-0.1, -0.05) is 31.2 Å². The van der Waals surface area contributed by atoms with E-state index in [1.54, 1.807) is 0 Å². The number of aliphatic carboxylic acids is 1. The van der Waals surface area contributed by atoms with Crippen molar-refractivity contribution in [3.8, 4) is 0 Å². The van der Waals surface area contributed by atoms with Gasteiger partial charge in [0.15, 0.2) is 0 Å². The molecule has 4 heteroatoms. The van der Waals surface area contributed by atoms with Gasteiger partial charge in [-0.2, -0.15) is 0 Å². The second kappa shape index (κ2) is 7.36. The first-order valence-corrected chi connectivity index (χ1v) is 6.33. The summed E-state index contributed by atoms with van der Waals surface area (Å²) in [6, 6.07) is 7.39. The first-order chi connectivity index (χ1) is 9.02. The SMILES string of the molecule is CCCC(=O)NC(C)c1ccc(/C=C/C(=O)O)cc1. The number of carboxylic acid groups (broad SMARTS) is 1. The largest absolute Gasteiger partial charge is 0.478 e. The highest BCUT2D eigenvalue weighted by atomic mass is 16.4. The molecule has 1 unspecified atom stereocenters. The molecule has 0 aromatic heterocycles. The normalized spacial score (nSPS) is 12.3. The van der Waals surface area contributed by atoms with E-state index in [0.29, 0.717) is 6.42 Å². The van der Waals surface area contributed by atoms with Gasteiger partial charge in [-0.3, -0.25) is 4.79 Å². The smallest absolute Gasteiger partial charge is 0.328 e. The van der Waals surface area contributed by atoms with Gasteiger partial charge in [-0.25, -0.2) is 4.79 Å². The average molecular weight is 261 g/mol. The third-order valence-corrected chi connectivity index (χ3v) is 2.71. The van der Waals surface area contributed by atoms with Crippen LogP contribution in [0.3, 0.4) is 0 Å². The fraction of sp³-hybridized carbons (Fsp3) is 0.333. The van der Waals surface area contributed by atoms with Gasteiger partial charge in [0, 0.05) is 12.5 Å². The fourth-order valence-electron chi connectivity index (χ4n) is 1.69. The zero-order chi connectivity index (χ0) is 14.3. The van der Waals surface area contributed by atoms with Crippen LogP contribution in [-0.2, 0) is 9.59 Å². The summed E-state index contributed by atoms with van der Waals surface area (Å²) in [6.07, 6.45) is 4.00. The summed E-state index contributed by atoms with van der Waals surface area (Å²) in [7, 11) is 0. The lowest BCUT2D eigenvalue weighted by Gasteiger charge is -2.14. The molecule has 0 radical (unpaired) electrons. The predicted octanol–water partition coefficient (Wildman–Crippen LogP) is 2.76. The summed E-state index contributed by atoms with van der Waals surface area (Å²) in [5.41, 5.74) is 1.81. The van der Waals surface area contributed by atoms with Crippen molar-refractivity contribution in [1.82, 2.24) is 5.32 Å². The standard InChI is InChI=1S/C15H19NO3/c1-3-4-14(17)16-11(2)13-8-5-12(6-9-13)7-10-15(18)19/h5-11H,3-4H2,1-2H3,(H,16,17)(H,18,19)/b10-7+. The Morgan fingerprint density at radius 3 is 2.47 bits per heavy atom. The molecule has 0 heterocycles. The van der Waals surface area contributed by atoms with Gasteiger partial charge in [0.2, 0.25) is 5.91 Å². The summed E-state index contributed by atoms with van der Waals surface area (Å²) >= 11 is 0. The summed E-state index contributed by atoms with van der Waals surface area (Å²) < 4.78 is 0. The Labute approximate surface area is 113 Å². The maximum Gasteiger partial charge on any atom is 0.328 e. The number of amides is 1. The minimum atomic E-state index is -0.968. The van der Waals surface area contributed by atoms with E-state index >= 15 is 0 Å². The van der Waals surface area contributed by atoms with Crippen LogP contribution in [0.1, 0.15) is 43.9 Å². The Morgan fingerprint density at radius 1 is 1.32 bits per heavy atom. The quantitative estimate of drug-likeness (QED) is 0.774. The number of hydrogen-bond acceptors (Lipinski definition) is 2. The molecule has 19 heavy (non-hydrogen) atoms. The van der Waals surface area contributed by atoms with Crippen LogP contribution in [0, 0.1) is 0 Å². The van der Waals surface area contributed by atoms with E-state index in [0.717, 1.165) is 23.6 Å². The van der Waals surface area contributed by atoms with Gasteiger partial charge in [0.1, 0.15) is 0 Å². The molecule has 1 aromatic rings. The van der Waals surface area contributed by atoms with Crippen LogP contribution in [0.5, 0.6) is 0 Å². The molecule has 1 amide bonds. The first-order valence-electron chi connectivity index (χ1n) is 6.33. The van der Waals surface area contributed by atoms with Crippen LogP contribution < -0.4 is 5.32 Å². The molecule has 1 aromatic carbocycles. The lowest BCUT2D eigenvalue weighted by Crippen LogP contribution is -2.26. The number of carbonyl (C=O) groups excluding carboxylic acids is 1. The van der Waals surface area contributed by atoms with Gasteiger partial charge >= 0.3 is 5.97 Å². The van der Waals surface area contributed by atoms with Crippen molar-refractivity contribution in [3.05, 3.63) is 41.5 Å². The zero-order valence-corrected chi connectivity index (χ0v) is 11.2. The van der Waals surface area contributed by atoms with E-state index < -0.39 is 5.97 Å². The predicted molar refractivity (Wildman–Crippen MR) is 74.6 cm³/mol. The molecular weight excluding hydrogens is 242 g/mol. The molecule has 0 bridgehead atoms. The van der Waals surface area contributed by atoms with Crippen LogP contribution in [0.4, 0.5) is 0 Å². The molecule has 0 aliphatic rings. The van der Waals surface area contributed by atoms with Crippen LogP contribution in [0.15, 0.2) is 30.3 Å². The number of rotatable bonds is 6. The minimum absolute atomic E-state index is 0.0449. The van der Waals surface area contributed by atoms with Crippen LogP contribution >= 0.6 is 0 Å². The highest BCUT2D eigenvalue weighted by Gasteiger charge is 2.08. The molecule has 0 aliphatic carbocycles. The van der Waals surface area contributed by atoms with Crippen molar-refractivity contribution in [2.45, 2.75) is 32.7 Å². The monoisotopic (exact) mass is 261 g/mol. The summed E-state index contributed by atoms with van der Waals surface area (Å²) in [6.45, 7) is 3.89. The Bertz CT molecular complexity index is 463. The summed E-state index contributed by atoms with van der Waals surface area (Å²) in [5.74, 6) is -0.922. The third-order valence-electron chi connectivity index (χ3n) is 2.71. The van der Waals surface area contributed by atoms with Crippen LogP contribution in [0.2, 0.25) is 0 Å². The summed E-state index contributed by atoms with van der Waals surface area (Å²) in [5, 5.41) is 11.4. The van der Waals surface area contributed by atoms with Crippen LogP contribution in [0.25, 0.3) is 6.08 Å². The number of carbonyl (C=O) groups is 2. The first kappa shape index (κ1) is 15.0. The molecule has 0 saturated heterocycles. The highest BCUT2D eigenvalue weighted by Crippen LogP contribution is 2.14. The molecule has 4 nitrogen and oxygen atoms in total. The van der Waals surface area contributed by atoms with Gasteiger partial charge in [0.05, 0.1) is 6.04 Å². The van der Waals surface area contributed by atoms with E-state index in [-0.39, 0.29) is 11.9 Å². The van der Waals surface area contributed by atoms with Gasteiger partial charge < -0.3 is 10.4 Å². The molecule has 0 spiro atoms. The lowest BCUT2D eigenvalue weighted by atomic mass is 10.1. The second-order valence-corrected chi connectivity index (χ2v) is 4.38. The van der Waals surface area contributed by atoms with E-state index in [2.05, 4.69) is 5.32 Å². The van der Waals surface area contributed by atoms with E-state index in [4.69, 9.17) is 5.11 Å². The molecule has 0 aliphatic heterocycles. The Kier molecular flexibility index (Phi) is 5.79. The zero-order valence-electron chi connectivity index (χ0n) is 11.2. The van der Waals surface area contributed by atoms with E-state index in [1.807, 2.05) is 38.1 Å². The summed E-state index contributed by atoms with van der Waals surface area (Å²) in [4.78, 5) is 21.9. The van der Waals surface area contributed by atoms with Gasteiger partial charge in [-0.05, 0) is 30.5 Å². The van der Waals surface area contributed by atoms with Crippen molar-refractivity contribution in [1.29, 1.82) is 0 Å². The second-order valence-electron chi connectivity index (χ2n) is 4.38. The molecule has 2 N–H and O–H groups in total. The van der Waals surface area contributed by atoms with E-state index in [9.17, 15) is 9.59 Å². The minimum Gasteiger partial charge on any atom is -0.478 e. The fourth-order valence-corrected chi connectivity index (χ4v) is 1.69. The number of hydrogen-bond donors (Lipinski definition) is 2. The van der Waals surface area contributed by atoms with Gasteiger partial charge in [0.25, 0.3) is 0 Å². The molecule has 102 valence electrons. The van der Waals surface area contributed by atoms with E-state index in [1.165, 1.54) is 6.08 Å². The molecule has 1 atom stereocenters. The average Bonchev–Trinajstić information content (AvgIpc) is 2.37. The molecular formula is C15H19NO3. The van der Waals surface area contributed by atoms with Crippen LogP contribution in [-0.4, -0.2) is 17.0 Å².